The smallest absolute Gasteiger partial charge is 0.230 e. The molecule has 0 saturated carbocycles. The van der Waals surface area contributed by atoms with Gasteiger partial charge in [-0.05, 0) is 30.5 Å². The number of hydrogen-bond acceptors (Lipinski definition) is 2. The molecule has 0 aromatic heterocycles. The van der Waals surface area contributed by atoms with Gasteiger partial charge in [0.25, 0.3) is 0 Å². The number of carbonyl (C=O) groups excluding carboxylic acids is 1. The van der Waals surface area contributed by atoms with Crippen molar-refractivity contribution < 1.29 is 4.79 Å². The van der Waals surface area contributed by atoms with E-state index in [1.54, 1.807) is 11.8 Å². The summed E-state index contributed by atoms with van der Waals surface area (Å²) in [5.74, 6) is 1.91. The van der Waals surface area contributed by atoms with E-state index in [0.717, 1.165) is 10.8 Å². The van der Waals surface area contributed by atoms with E-state index >= 15 is 0 Å². The van der Waals surface area contributed by atoms with Gasteiger partial charge in [0.05, 0.1) is 5.75 Å². The number of benzene rings is 1. The third kappa shape index (κ3) is 5.78. The number of thioether (sulfide) groups is 1. The Balaban J connectivity index is 2.25. The lowest BCUT2D eigenvalue weighted by atomic mass is 10.1. The highest BCUT2D eigenvalue weighted by atomic mass is 35.5. The molecule has 0 aliphatic rings. The fourth-order valence-electron chi connectivity index (χ4n) is 1.30. The molecule has 1 aromatic rings. The molecule has 4 heteroatoms. The van der Waals surface area contributed by atoms with Gasteiger partial charge in [-0.15, -0.1) is 11.8 Å². The normalized spacial score (nSPS) is 12.5. The van der Waals surface area contributed by atoms with E-state index < -0.39 is 0 Å². The molecule has 1 atom stereocenters. The first kappa shape index (κ1) is 15.4. The standard InChI is InChI=1S/C14H20ClNOS/c1-10(2)11(3)16-14(17)9-18-8-12-4-6-13(15)7-5-12/h4-7,10-11H,8-9H2,1-3H3,(H,16,17)/t11-/m0/s1. The molecule has 1 amide bonds. The largest absolute Gasteiger partial charge is 0.353 e. The Morgan fingerprint density at radius 2 is 1.89 bits per heavy atom. The van der Waals surface area contributed by atoms with Crippen molar-refractivity contribution in [2.75, 3.05) is 5.75 Å². The van der Waals surface area contributed by atoms with Crippen molar-refractivity contribution in [3.05, 3.63) is 34.9 Å². The number of rotatable bonds is 6. The zero-order chi connectivity index (χ0) is 13.5. The summed E-state index contributed by atoms with van der Waals surface area (Å²) in [6.45, 7) is 6.24. The molecule has 0 spiro atoms. The van der Waals surface area contributed by atoms with Crippen molar-refractivity contribution in [3.8, 4) is 0 Å². The molecule has 1 aromatic carbocycles. The molecule has 0 fully saturated rings. The minimum atomic E-state index is 0.107. The molecule has 1 N–H and O–H groups in total. The summed E-state index contributed by atoms with van der Waals surface area (Å²) >= 11 is 7.43. The van der Waals surface area contributed by atoms with Crippen LogP contribution in [0.4, 0.5) is 0 Å². The van der Waals surface area contributed by atoms with Crippen LogP contribution in [0.15, 0.2) is 24.3 Å². The summed E-state index contributed by atoms with van der Waals surface area (Å²) < 4.78 is 0. The highest BCUT2D eigenvalue weighted by Crippen LogP contribution is 2.15. The quantitative estimate of drug-likeness (QED) is 0.863. The number of nitrogens with one attached hydrogen (secondary N) is 1. The summed E-state index contributed by atoms with van der Waals surface area (Å²) in [5.41, 5.74) is 1.19. The van der Waals surface area contributed by atoms with Gasteiger partial charge in [-0.25, -0.2) is 0 Å². The monoisotopic (exact) mass is 285 g/mol. The minimum absolute atomic E-state index is 0.107. The first-order valence-electron chi connectivity index (χ1n) is 6.10. The summed E-state index contributed by atoms with van der Waals surface area (Å²) in [5, 5.41) is 3.74. The Morgan fingerprint density at radius 1 is 1.28 bits per heavy atom. The van der Waals surface area contributed by atoms with E-state index in [1.165, 1.54) is 5.56 Å². The SMILES string of the molecule is CC(C)[C@H](C)NC(=O)CSCc1ccc(Cl)cc1. The summed E-state index contributed by atoms with van der Waals surface area (Å²) in [6.07, 6.45) is 0. The Labute approximate surface area is 118 Å². The third-order valence-electron chi connectivity index (χ3n) is 2.80. The molecule has 2 nitrogen and oxygen atoms in total. The second-order valence-electron chi connectivity index (χ2n) is 4.72. The third-order valence-corrected chi connectivity index (χ3v) is 4.06. The van der Waals surface area contributed by atoms with Crippen LogP contribution in [0, 0.1) is 5.92 Å². The molecule has 0 bridgehead atoms. The van der Waals surface area contributed by atoms with E-state index in [4.69, 9.17) is 11.6 Å². The maximum atomic E-state index is 11.6. The Hall–Kier alpha value is -0.670. The van der Waals surface area contributed by atoms with Gasteiger partial charge < -0.3 is 5.32 Å². The lowest BCUT2D eigenvalue weighted by Gasteiger charge is -2.17. The van der Waals surface area contributed by atoms with E-state index in [9.17, 15) is 4.79 Å². The van der Waals surface area contributed by atoms with Crippen molar-refractivity contribution in [2.24, 2.45) is 5.92 Å². The van der Waals surface area contributed by atoms with Crippen LogP contribution in [-0.4, -0.2) is 17.7 Å². The first-order chi connectivity index (χ1) is 8.49. The molecule has 0 aliphatic heterocycles. The molecule has 18 heavy (non-hydrogen) atoms. The molecular weight excluding hydrogens is 266 g/mol. The van der Waals surface area contributed by atoms with E-state index in [0.29, 0.717) is 11.7 Å². The highest BCUT2D eigenvalue weighted by Gasteiger charge is 2.10. The molecule has 0 saturated heterocycles. The van der Waals surface area contributed by atoms with Crippen molar-refractivity contribution >= 4 is 29.3 Å². The van der Waals surface area contributed by atoms with Crippen LogP contribution in [0.3, 0.4) is 0 Å². The predicted octanol–water partition coefficient (Wildman–Crippen LogP) is 3.73. The molecule has 100 valence electrons. The zero-order valence-electron chi connectivity index (χ0n) is 11.1. The van der Waals surface area contributed by atoms with Gasteiger partial charge in [-0.1, -0.05) is 37.6 Å². The summed E-state index contributed by atoms with van der Waals surface area (Å²) in [7, 11) is 0. The van der Waals surface area contributed by atoms with Gasteiger partial charge in [0.2, 0.25) is 5.91 Å². The van der Waals surface area contributed by atoms with Crippen LogP contribution >= 0.6 is 23.4 Å². The number of halogens is 1. The topological polar surface area (TPSA) is 29.1 Å². The second kappa shape index (κ2) is 7.70. The zero-order valence-corrected chi connectivity index (χ0v) is 12.6. The van der Waals surface area contributed by atoms with E-state index in [1.807, 2.05) is 31.2 Å². The fraction of sp³-hybridized carbons (Fsp3) is 0.500. The molecule has 1 rings (SSSR count). The van der Waals surface area contributed by atoms with Gasteiger partial charge in [0.15, 0.2) is 0 Å². The predicted molar refractivity (Wildman–Crippen MR) is 80.1 cm³/mol. The van der Waals surface area contributed by atoms with Crippen LogP contribution in [0.1, 0.15) is 26.3 Å². The maximum Gasteiger partial charge on any atom is 0.230 e. The number of carbonyl (C=O) groups is 1. The second-order valence-corrected chi connectivity index (χ2v) is 6.14. The number of amides is 1. The van der Waals surface area contributed by atoms with Crippen LogP contribution in [-0.2, 0) is 10.5 Å². The maximum absolute atomic E-state index is 11.6. The molecule has 0 heterocycles. The Bertz CT molecular complexity index is 378. The average Bonchev–Trinajstić information content (AvgIpc) is 2.31. The number of hydrogen-bond donors (Lipinski definition) is 1. The van der Waals surface area contributed by atoms with Gasteiger partial charge in [0, 0.05) is 16.8 Å². The lowest BCUT2D eigenvalue weighted by molar-refractivity contribution is -0.119. The minimum Gasteiger partial charge on any atom is -0.353 e. The molecular formula is C14H20ClNOS. The molecule has 0 aliphatic carbocycles. The van der Waals surface area contributed by atoms with Crippen molar-refractivity contribution in [3.63, 3.8) is 0 Å². The Kier molecular flexibility index (Phi) is 6.58. The Morgan fingerprint density at radius 3 is 2.44 bits per heavy atom. The van der Waals surface area contributed by atoms with Gasteiger partial charge >= 0.3 is 0 Å². The summed E-state index contributed by atoms with van der Waals surface area (Å²) in [6, 6.07) is 7.96. The van der Waals surface area contributed by atoms with Crippen LogP contribution in [0.5, 0.6) is 0 Å². The van der Waals surface area contributed by atoms with Crippen LogP contribution in [0.2, 0.25) is 5.02 Å². The van der Waals surface area contributed by atoms with Crippen molar-refractivity contribution in [2.45, 2.75) is 32.6 Å². The van der Waals surface area contributed by atoms with Crippen molar-refractivity contribution in [1.82, 2.24) is 5.32 Å². The van der Waals surface area contributed by atoms with E-state index in [2.05, 4.69) is 19.2 Å². The van der Waals surface area contributed by atoms with Crippen LogP contribution < -0.4 is 5.32 Å². The van der Waals surface area contributed by atoms with Crippen LogP contribution in [0.25, 0.3) is 0 Å². The fourth-order valence-corrected chi connectivity index (χ4v) is 2.23. The van der Waals surface area contributed by atoms with Gasteiger partial charge in [-0.2, -0.15) is 0 Å². The van der Waals surface area contributed by atoms with Gasteiger partial charge in [-0.3, -0.25) is 4.79 Å². The van der Waals surface area contributed by atoms with E-state index in [-0.39, 0.29) is 11.9 Å². The molecule has 0 radical (unpaired) electrons. The first-order valence-corrected chi connectivity index (χ1v) is 7.64. The average molecular weight is 286 g/mol. The molecule has 0 unspecified atom stereocenters. The van der Waals surface area contributed by atoms with Crippen molar-refractivity contribution in [1.29, 1.82) is 0 Å². The highest BCUT2D eigenvalue weighted by molar-refractivity contribution is 7.99. The lowest BCUT2D eigenvalue weighted by Crippen LogP contribution is -2.37. The van der Waals surface area contributed by atoms with Gasteiger partial charge in [0.1, 0.15) is 0 Å². The summed E-state index contributed by atoms with van der Waals surface area (Å²) in [4.78, 5) is 11.6.